The standard InChI is InChI=1S/C19H19N3O3/c1-2-19(24)25-12-6-5-7-14-10-11-18(23)17(13-14)22-20-15-8-3-4-9-16(15)21-22/h2-4,8-11,13,23H,1,5-7,12H2. The minimum absolute atomic E-state index is 0.129. The monoisotopic (exact) mass is 337 g/mol. The van der Waals surface area contributed by atoms with Crippen molar-refractivity contribution in [1.82, 2.24) is 15.0 Å². The first-order valence-electron chi connectivity index (χ1n) is 8.11. The molecule has 0 aliphatic carbocycles. The number of aromatic hydroxyl groups is 1. The molecule has 6 heteroatoms. The Labute approximate surface area is 145 Å². The van der Waals surface area contributed by atoms with Gasteiger partial charge in [-0.25, -0.2) is 4.79 Å². The van der Waals surface area contributed by atoms with Gasteiger partial charge in [-0.2, -0.15) is 0 Å². The number of aromatic nitrogens is 3. The van der Waals surface area contributed by atoms with Crippen LogP contribution < -0.4 is 0 Å². The topological polar surface area (TPSA) is 77.2 Å². The molecule has 1 N–H and O–H groups in total. The number of rotatable bonds is 7. The molecule has 0 atom stereocenters. The maximum Gasteiger partial charge on any atom is 0.330 e. The molecule has 0 radical (unpaired) electrons. The van der Waals surface area contributed by atoms with Crippen molar-refractivity contribution in [3.63, 3.8) is 0 Å². The van der Waals surface area contributed by atoms with Gasteiger partial charge in [0, 0.05) is 6.08 Å². The van der Waals surface area contributed by atoms with Gasteiger partial charge < -0.3 is 9.84 Å². The van der Waals surface area contributed by atoms with Crippen molar-refractivity contribution in [2.45, 2.75) is 19.3 Å². The van der Waals surface area contributed by atoms with Crippen molar-refractivity contribution in [3.8, 4) is 11.4 Å². The van der Waals surface area contributed by atoms with Crippen molar-refractivity contribution in [3.05, 3.63) is 60.7 Å². The molecule has 2 aromatic carbocycles. The molecule has 1 heterocycles. The smallest absolute Gasteiger partial charge is 0.330 e. The van der Waals surface area contributed by atoms with E-state index in [1.165, 1.54) is 4.80 Å². The van der Waals surface area contributed by atoms with E-state index in [4.69, 9.17) is 4.74 Å². The van der Waals surface area contributed by atoms with Crippen LogP contribution in [0.3, 0.4) is 0 Å². The lowest BCUT2D eigenvalue weighted by molar-refractivity contribution is -0.137. The lowest BCUT2D eigenvalue weighted by atomic mass is 10.1. The fourth-order valence-electron chi connectivity index (χ4n) is 2.52. The van der Waals surface area contributed by atoms with Gasteiger partial charge in [-0.15, -0.1) is 15.0 Å². The lowest BCUT2D eigenvalue weighted by Crippen LogP contribution is -2.03. The summed E-state index contributed by atoms with van der Waals surface area (Å²) in [5, 5.41) is 18.9. The molecular weight excluding hydrogens is 318 g/mol. The van der Waals surface area contributed by atoms with Gasteiger partial charge in [0.2, 0.25) is 0 Å². The van der Waals surface area contributed by atoms with Gasteiger partial charge in [0.25, 0.3) is 0 Å². The summed E-state index contributed by atoms with van der Waals surface area (Å²) >= 11 is 0. The number of hydrogen-bond acceptors (Lipinski definition) is 5. The van der Waals surface area contributed by atoms with Gasteiger partial charge in [-0.05, 0) is 49.1 Å². The number of nitrogens with zero attached hydrogens (tertiary/aromatic N) is 3. The van der Waals surface area contributed by atoms with E-state index in [1.807, 2.05) is 36.4 Å². The third-order valence-corrected chi connectivity index (χ3v) is 3.81. The molecule has 0 aliphatic rings. The quantitative estimate of drug-likeness (QED) is 0.407. The predicted octanol–water partition coefficient (Wildman–Crippen LogP) is 3.18. The van der Waals surface area contributed by atoms with Crippen LogP contribution in [0, 0.1) is 0 Å². The highest BCUT2D eigenvalue weighted by Gasteiger charge is 2.09. The van der Waals surface area contributed by atoms with Crippen LogP contribution in [-0.4, -0.2) is 32.7 Å². The van der Waals surface area contributed by atoms with E-state index in [2.05, 4.69) is 16.8 Å². The molecule has 128 valence electrons. The molecule has 0 spiro atoms. The number of phenols is 1. The van der Waals surface area contributed by atoms with Crippen LogP contribution >= 0.6 is 0 Å². The molecule has 1 aromatic heterocycles. The molecular formula is C19H19N3O3. The number of carbonyl (C=O) groups is 1. The number of aryl methyl sites for hydroxylation is 1. The Balaban J connectivity index is 1.68. The first-order chi connectivity index (χ1) is 12.2. The maximum atomic E-state index is 11.0. The van der Waals surface area contributed by atoms with Gasteiger partial charge in [-0.3, -0.25) is 0 Å². The highest BCUT2D eigenvalue weighted by molar-refractivity contribution is 5.81. The molecule has 0 amide bonds. The minimum Gasteiger partial charge on any atom is -0.506 e. The van der Waals surface area contributed by atoms with Crippen LogP contribution in [0.25, 0.3) is 16.7 Å². The first kappa shape index (κ1) is 16.7. The van der Waals surface area contributed by atoms with E-state index in [0.717, 1.165) is 41.9 Å². The van der Waals surface area contributed by atoms with Crippen molar-refractivity contribution >= 4 is 17.0 Å². The summed E-state index contributed by atoms with van der Waals surface area (Å²) in [6, 6.07) is 13.0. The number of fused-ring (bicyclic) bond motifs is 1. The second kappa shape index (κ2) is 7.61. The van der Waals surface area contributed by atoms with Crippen molar-refractivity contribution < 1.29 is 14.6 Å². The molecule has 0 unspecified atom stereocenters. The number of hydrogen-bond donors (Lipinski definition) is 1. The van der Waals surface area contributed by atoms with Crippen LogP contribution in [-0.2, 0) is 16.0 Å². The number of benzene rings is 2. The highest BCUT2D eigenvalue weighted by atomic mass is 16.5. The Morgan fingerprint density at radius 2 is 1.88 bits per heavy atom. The number of ether oxygens (including phenoxy) is 1. The third-order valence-electron chi connectivity index (χ3n) is 3.81. The van der Waals surface area contributed by atoms with Crippen molar-refractivity contribution in [2.24, 2.45) is 0 Å². The molecule has 0 fully saturated rings. The molecule has 0 saturated carbocycles. The molecule has 3 aromatic rings. The largest absolute Gasteiger partial charge is 0.506 e. The Hall–Kier alpha value is -3.15. The number of esters is 1. The molecule has 0 aliphatic heterocycles. The second-order valence-electron chi connectivity index (χ2n) is 5.63. The number of phenolic OH excluding ortho intramolecular Hbond substituents is 1. The summed E-state index contributed by atoms with van der Waals surface area (Å²) in [6.45, 7) is 3.73. The summed E-state index contributed by atoms with van der Waals surface area (Å²) in [4.78, 5) is 12.4. The van der Waals surface area contributed by atoms with E-state index in [9.17, 15) is 9.90 Å². The Bertz CT molecular complexity index is 869. The van der Waals surface area contributed by atoms with E-state index in [1.54, 1.807) is 6.07 Å². The fraction of sp³-hybridized carbons (Fsp3) is 0.211. The lowest BCUT2D eigenvalue weighted by Gasteiger charge is -2.07. The number of unbranched alkanes of at least 4 members (excludes halogenated alkanes) is 1. The Morgan fingerprint density at radius 3 is 2.56 bits per heavy atom. The van der Waals surface area contributed by atoms with Gasteiger partial charge >= 0.3 is 5.97 Å². The second-order valence-corrected chi connectivity index (χ2v) is 5.63. The highest BCUT2D eigenvalue weighted by Crippen LogP contribution is 2.23. The van der Waals surface area contributed by atoms with E-state index >= 15 is 0 Å². The van der Waals surface area contributed by atoms with E-state index in [-0.39, 0.29) is 5.75 Å². The Kier molecular flexibility index (Phi) is 5.09. The van der Waals surface area contributed by atoms with Gasteiger partial charge in [0.1, 0.15) is 22.5 Å². The molecule has 0 saturated heterocycles. The molecule has 6 nitrogen and oxygen atoms in total. The van der Waals surface area contributed by atoms with Crippen molar-refractivity contribution in [1.29, 1.82) is 0 Å². The fourth-order valence-corrected chi connectivity index (χ4v) is 2.52. The van der Waals surface area contributed by atoms with E-state index in [0.29, 0.717) is 12.3 Å². The van der Waals surface area contributed by atoms with Crippen LogP contribution in [0.5, 0.6) is 5.75 Å². The van der Waals surface area contributed by atoms with Crippen LogP contribution in [0.4, 0.5) is 0 Å². The molecule has 0 bridgehead atoms. The van der Waals surface area contributed by atoms with Gasteiger partial charge in [-0.1, -0.05) is 24.8 Å². The average molecular weight is 337 g/mol. The maximum absolute atomic E-state index is 11.0. The van der Waals surface area contributed by atoms with Gasteiger partial charge in [0.15, 0.2) is 0 Å². The summed E-state index contributed by atoms with van der Waals surface area (Å²) in [6.07, 6.45) is 3.59. The van der Waals surface area contributed by atoms with Gasteiger partial charge in [0.05, 0.1) is 6.61 Å². The zero-order chi connectivity index (χ0) is 17.6. The minimum atomic E-state index is -0.399. The number of carbonyl (C=O) groups excluding carboxylic acids is 1. The average Bonchev–Trinajstić information content (AvgIpc) is 3.06. The summed E-state index contributed by atoms with van der Waals surface area (Å²) in [7, 11) is 0. The van der Waals surface area contributed by atoms with Crippen LogP contribution in [0.2, 0.25) is 0 Å². The normalized spacial score (nSPS) is 10.7. The zero-order valence-electron chi connectivity index (χ0n) is 13.8. The van der Waals surface area contributed by atoms with E-state index < -0.39 is 5.97 Å². The van der Waals surface area contributed by atoms with Crippen LogP contribution in [0.15, 0.2) is 55.1 Å². The predicted molar refractivity (Wildman–Crippen MR) is 94.6 cm³/mol. The zero-order valence-corrected chi connectivity index (χ0v) is 13.8. The summed E-state index contributed by atoms with van der Waals surface area (Å²) in [5.74, 6) is -0.271. The molecule has 25 heavy (non-hydrogen) atoms. The summed E-state index contributed by atoms with van der Waals surface area (Å²) in [5.41, 5.74) is 3.16. The Morgan fingerprint density at radius 1 is 1.16 bits per heavy atom. The first-order valence-corrected chi connectivity index (χ1v) is 8.11. The van der Waals surface area contributed by atoms with Crippen LogP contribution in [0.1, 0.15) is 18.4 Å². The third kappa shape index (κ3) is 4.03. The van der Waals surface area contributed by atoms with Crippen molar-refractivity contribution in [2.75, 3.05) is 6.61 Å². The summed E-state index contributed by atoms with van der Waals surface area (Å²) < 4.78 is 4.95. The SMILES string of the molecule is C=CC(=O)OCCCCc1ccc(O)c(-n2nc3ccccc3n2)c1. The molecule has 3 rings (SSSR count).